The van der Waals surface area contributed by atoms with Gasteiger partial charge in [0, 0.05) is 12.2 Å². The molecule has 0 radical (unpaired) electrons. The van der Waals surface area contributed by atoms with Crippen LogP contribution in [-0.4, -0.2) is 31.6 Å². The predicted molar refractivity (Wildman–Crippen MR) is 69.5 cm³/mol. The van der Waals surface area contributed by atoms with E-state index in [0.717, 1.165) is 19.6 Å². The number of benzene rings is 1. The van der Waals surface area contributed by atoms with Crippen molar-refractivity contribution in [3.8, 4) is 0 Å². The van der Waals surface area contributed by atoms with Crippen molar-refractivity contribution in [1.29, 1.82) is 0 Å². The van der Waals surface area contributed by atoms with Gasteiger partial charge in [0.25, 0.3) is 0 Å². The molecule has 3 nitrogen and oxygen atoms in total. The minimum Gasteiger partial charge on any atom is -0.399 e. The van der Waals surface area contributed by atoms with Gasteiger partial charge in [-0.25, -0.2) is 4.39 Å². The second-order valence-electron chi connectivity index (χ2n) is 4.87. The van der Waals surface area contributed by atoms with E-state index in [9.17, 15) is 4.39 Å². The smallest absolute Gasteiger partial charge is 0.148 e. The van der Waals surface area contributed by atoms with Crippen LogP contribution in [0.2, 0.25) is 0 Å². The molecule has 1 fully saturated rings. The Labute approximate surface area is 102 Å². The molecular formula is C13H20FN3. The van der Waals surface area contributed by atoms with Crippen LogP contribution in [0.3, 0.4) is 0 Å². The van der Waals surface area contributed by atoms with E-state index in [1.54, 1.807) is 12.1 Å². The number of rotatable bonds is 3. The number of nitrogens with zero attached hydrogens (tertiary/aromatic N) is 1. The Morgan fingerprint density at radius 1 is 1.41 bits per heavy atom. The Balaban J connectivity index is 1.85. The van der Waals surface area contributed by atoms with Crippen LogP contribution in [0.1, 0.15) is 12.8 Å². The first-order chi connectivity index (χ1) is 8.15. The number of hydrogen-bond donors (Lipinski definition) is 2. The van der Waals surface area contributed by atoms with Crippen LogP contribution in [0.4, 0.5) is 15.8 Å². The van der Waals surface area contributed by atoms with Crippen LogP contribution in [0.5, 0.6) is 0 Å². The lowest BCUT2D eigenvalue weighted by atomic mass is 9.97. The van der Waals surface area contributed by atoms with Crippen molar-refractivity contribution in [1.82, 2.24) is 4.90 Å². The highest BCUT2D eigenvalue weighted by Gasteiger charge is 2.16. The van der Waals surface area contributed by atoms with Gasteiger partial charge < -0.3 is 16.0 Å². The molecule has 0 aliphatic carbocycles. The average molecular weight is 237 g/mol. The van der Waals surface area contributed by atoms with Crippen LogP contribution >= 0.6 is 0 Å². The first kappa shape index (κ1) is 12.2. The molecule has 1 heterocycles. The quantitative estimate of drug-likeness (QED) is 0.792. The van der Waals surface area contributed by atoms with Crippen LogP contribution in [0, 0.1) is 11.7 Å². The summed E-state index contributed by atoms with van der Waals surface area (Å²) in [5.41, 5.74) is 6.53. The van der Waals surface area contributed by atoms with E-state index < -0.39 is 0 Å². The van der Waals surface area contributed by atoms with Crippen molar-refractivity contribution in [2.75, 3.05) is 37.7 Å². The van der Waals surface area contributed by atoms with E-state index in [1.165, 1.54) is 18.9 Å². The fourth-order valence-corrected chi connectivity index (χ4v) is 2.20. The Morgan fingerprint density at radius 3 is 2.76 bits per heavy atom. The topological polar surface area (TPSA) is 41.3 Å². The lowest BCUT2D eigenvalue weighted by Gasteiger charge is -2.29. The fraction of sp³-hybridized carbons (Fsp3) is 0.538. The summed E-state index contributed by atoms with van der Waals surface area (Å²) in [6, 6.07) is 4.79. The summed E-state index contributed by atoms with van der Waals surface area (Å²) in [7, 11) is 2.14. The summed E-state index contributed by atoms with van der Waals surface area (Å²) in [4.78, 5) is 2.33. The number of halogens is 1. The lowest BCUT2D eigenvalue weighted by molar-refractivity contribution is 0.226. The summed E-state index contributed by atoms with van der Waals surface area (Å²) < 4.78 is 13.5. The predicted octanol–water partition coefficient (Wildman–Crippen LogP) is 2.16. The average Bonchev–Trinajstić information content (AvgIpc) is 2.30. The Bertz CT molecular complexity index is 373. The van der Waals surface area contributed by atoms with E-state index >= 15 is 0 Å². The molecule has 17 heavy (non-hydrogen) atoms. The minimum atomic E-state index is -0.266. The molecule has 1 aromatic carbocycles. The summed E-state index contributed by atoms with van der Waals surface area (Å²) in [6.07, 6.45) is 2.36. The van der Waals surface area contributed by atoms with Crippen LogP contribution in [0.15, 0.2) is 18.2 Å². The zero-order valence-electron chi connectivity index (χ0n) is 10.2. The van der Waals surface area contributed by atoms with E-state index in [1.807, 2.05) is 0 Å². The molecule has 0 unspecified atom stereocenters. The molecule has 1 saturated heterocycles. The van der Waals surface area contributed by atoms with E-state index in [4.69, 9.17) is 5.73 Å². The summed E-state index contributed by atoms with van der Waals surface area (Å²) >= 11 is 0. The van der Waals surface area contributed by atoms with Gasteiger partial charge in [0.15, 0.2) is 0 Å². The minimum absolute atomic E-state index is 0.266. The van der Waals surface area contributed by atoms with Gasteiger partial charge in [0.1, 0.15) is 5.82 Å². The normalized spacial score (nSPS) is 18.2. The maximum Gasteiger partial charge on any atom is 0.148 e. The van der Waals surface area contributed by atoms with Gasteiger partial charge in [0.2, 0.25) is 0 Å². The summed E-state index contributed by atoms with van der Waals surface area (Å²) in [5.74, 6) is 0.376. The van der Waals surface area contributed by atoms with Gasteiger partial charge in [0.05, 0.1) is 5.69 Å². The fourth-order valence-electron chi connectivity index (χ4n) is 2.20. The number of hydrogen-bond acceptors (Lipinski definition) is 3. The number of likely N-dealkylation sites (tertiary alicyclic amines) is 1. The molecular weight excluding hydrogens is 217 g/mol. The number of nitrogen functional groups attached to an aromatic ring is 1. The maximum absolute atomic E-state index is 13.5. The molecule has 94 valence electrons. The molecule has 1 aliphatic rings. The van der Waals surface area contributed by atoms with Crippen LogP contribution in [-0.2, 0) is 0 Å². The van der Waals surface area contributed by atoms with Crippen molar-refractivity contribution in [2.24, 2.45) is 5.92 Å². The molecule has 0 spiro atoms. The summed E-state index contributed by atoms with van der Waals surface area (Å²) in [6.45, 7) is 3.11. The highest BCUT2D eigenvalue weighted by Crippen LogP contribution is 2.20. The molecule has 0 saturated carbocycles. The van der Waals surface area contributed by atoms with E-state index in [2.05, 4.69) is 17.3 Å². The standard InChI is InChI=1S/C13H20FN3/c1-17-6-4-10(5-7-17)9-16-13-3-2-11(15)8-12(13)14/h2-3,8,10,16H,4-7,9,15H2,1H3. The van der Waals surface area contributed by atoms with Gasteiger partial charge >= 0.3 is 0 Å². The number of piperidine rings is 1. The van der Waals surface area contributed by atoms with Gasteiger partial charge in [-0.15, -0.1) is 0 Å². The number of nitrogens with one attached hydrogen (secondary N) is 1. The Hall–Kier alpha value is -1.29. The second-order valence-corrected chi connectivity index (χ2v) is 4.87. The monoisotopic (exact) mass is 237 g/mol. The maximum atomic E-state index is 13.5. The third kappa shape index (κ3) is 3.33. The largest absolute Gasteiger partial charge is 0.399 e. The van der Waals surface area contributed by atoms with Gasteiger partial charge in [-0.05, 0) is 57.1 Å². The van der Waals surface area contributed by atoms with Gasteiger partial charge in [-0.3, -0.25) is 0 Å². The van der Waals surface area contributed by atoms with Crippen LogP contribution < -0.4 is 11.1 Å². The van der Waals surface area contributed by atoms with Crippen molar-refractivity contribution >= 4 is 11.4 Å². The van der Waals surface area contributed by atoms with E-state index in [-0.39, 0.29) is 5.82 Å². The third-order valence-corrected chi connectivity index (χ3v) is 3.41. The highest BCUT2D eigenvalue weighted by atomic mass is 19.1. The first-order valence-electron chi connectivity index (χ1n) is 6.12. The SMILES string of the molecule is CN1CCC(CNc2ccc(N)cc2F)CC1. The molecule has 4 heteroatoms. The molecule has 0 aromatic heterocycles. The van der Waals surface area contributed by atoms with Crippen molar-refractivity contribution in [2.45, 2.75) is 12.8 Å². The lowest BCUT2D eigenvalue weighted by Crippen LogP contribution is -2.33. The second kappa shape index (κ2) is 5.36. The zero-order valence-corrected chi connectivity index (χ0v) is 10.2. The van der Waals surface area contributed by atoms with Crippen molar-refractivity contribution in [3.05, 3.63) is 24.0 Å². The third-order valence-electron chi connectivity index (χ3n) is 3.41. The van der Waals surface area contributed by atoms with Crippen LogP contribution in [0.25, 0.3) is 0 Å². The zero-order chi connectivity index (χ0) is 12.3. The first-order valence-corrected chi connectivity index (χ1v) is 6.12. The number of nitrogens with two attached hydrogens (primary N) is 1. The molecule has 0 amide bonds. The molecule has 0 atom stereocenters. The molecule has 1 aliphatic heterocycles. The van der Waals surface area contributed by atoms with Crippen molar-refractivity contribution in [3.63, 3.8) is 0 Å². The molecule has 2 rings (SSSR count). The molecule has 3 N–H and O–H groups in total. The van der Waals surface area contributed by atoms with Gasteiger partial charge in [-0.2, -0.15) is 0 Å². The molecule has 1 aromatic rings. The van der Waals surface area contributed by atoms with Gasteiger partial charge in [-0.1, -0.05) is 0 Å². The number of anilines is 2. The summed E-state index contributed by atoms with van der Waals surface area (Å²) in [5, 5.41) is 3.18. The Kier molecular flexibility index (Phi) is 3.84. The Morgan fingerprint density at radius 2 is 2.12 bits per heavy atom. The molecule has 0 bridgehead atoms. The highest BCUT2D eigenvalue weighted by molar-refractivity contribution is 5.52. The van der Waals surface area contributed by atoms with Crippen molar-refractivity contribution < 1.29 is 4.39 Å². The van der Waals surface area contributed by atoms with E-state index in [0.29, 0.717) is 17.3 Å².